The number of carbonyl (C=O) groups is 1. The molecule has 10 nitrogen and oxygen atoms in total. The molecule has 5 atom stereocenters. The normalized spacial score (nSPS) is 33.5. The summed E-state index contributed by atoms with van der Waals surface area (Å²) in [4.78, 5) is 10.7. The Bertz CT molecular complexity index is 509. The van der Waals surface area contributed by atoms with Gasteiger partial charge in [0.2, 0.25) is 0 Å². The molecule has 0 aromatic rings. The molecule has 1 fully saturated rings. The second kappa shape index (κ2) is 6.61. The molecule has 0 saturated carbocycles. The first-order valence-corrected chi connectivity index (χ1v) is 6.88. The van der Waals surface area contributed by atoms with Crippen molar-refractivity contribution in [3.63, 3.8) is 0 Å². The van der Waals surface area contributed by atoms with E-state index in [0.29, 0.717) is 0 Å². The summed E-state index contributed by atoms with van der Waals surface area (Å²) in [5.41, 5.74) is 0. The highest BCUT2D eigenvalue weighted by atomic mass is 32.3. The summed E-state index contributed by atoms with van der Waals surface area (Å²) in [6.07, 6.45) is -13.3. The summed E-state index contributed by atoms with van der Waals surface area (Å²) in [6.45, 7) is -1.03. The molecule has 3 unspecified atom stereocenters. The van der Waals surface area contributed by atoms with Gasteiger partial charge in [-0.25, -0.2) is 4.18 Å². The molecule has 1 saturated heterocycles. The number of nitrogens with one attached hydrogen (secondary N) is 1. The van der Waals surface area contributed by atoms with Crippen molar-refractivity contribution in [1.29, 1.82) is 0 Å². The van der Waals surface area contributed by atoms with Crippen LogP contribution in [0.25, 0.3) is 0 Å². The maximum Gasteiger partial charge on any atom is 0.471 e. The Morgan fingerprint density at radius 1 is 1.23 bits per heavy atom. The molecule has 0 radical (unpaired) electrons. The van der Waals surface area contributed by atoms with Crippen molar-refractivity contribution in [1.82, 2.24) is 5.32 Å². The van der Waals surface area contributed by atoms with Crippen molar-refractivity contribution in [2.75, 3.05) is 6.61 Å². The first-order valence-electron chi connectivity index (χ1n) is 5.52. The molecule has 1 amide bonds. The Kier molecular flexibility index (Phi) is 5.71. The van der Waals surface area contributed by atoms with Gasteiger partial charge >= 0.3 is 22.5 Å². The lowest BCUT2D eigenvalue weighted by atomic mass is 9.97. The quantitative estimate of drug-likeness (QED) is 0.337. The molecule has 14 heteroatoms. The summed E-state index contributed by atoms with van der Waals surface area (Å²) >= 11 is 0. The predicted octanol–water partition coefficient (Wildman–Crippen LogP) is -2.71. The lowest BCUT2D eigenvalue weighted by Gasteiger charge is -2.40. The molecule has 1 aliphatic rings. The van der Waals surface area contributed by atoms with Crippen LogP contribution in [0, 0.1) is 0 Å². The molecule has 0 aromatic carbocycles. The number of carbonyl (C=O) groups excluding carboxylic acids is 1. The molecule has 130 valence electrons. The van der Waals surface area contributed by atoms with Gasteiger partial charge in [0.05, 0.1) is 6.61 Å². The van der Waals surface area contributed by atoms with Crippen LogP contribution in [0.1, 0.15) is 0 Å². The average Bonchev–Trinajstić information content (AvgIpc) is 2.34. The monoisotopic (exact) mass is 355 g/mol. The predicted molar refractivity (Wildman–Crippen MR) is 58.4 cm³/mol. The van der Waals surface area contributed by atoms with Crippen LogP contribution >= 0.6 is 0 Å². The van der Waals surface area contributed by atoms with Crippen LogP contribution in [-0.4, -0.2) is 77.6 Å². The number of amides is 1. The standard InChI is InChI=1S/C8H12F3NO9S/c9-8(10,11)7(16)12-3-5(14)4(13)2(21-6(3)15)1-20-22(17,18)19/h2-6,13-15H,1H2,(H,12,16)(H,17,18,19)/t2?,3?,4-,5-,6?/m1/s1. The van der Waals surface area contributed by atoms with Gasteiger partial charge in [0.25, 0.3) is 0 Å². The molecule has 1 aliphatic heterocycles. The van der Waals surface area contributed by atoms with Crippen molar-refractivity contribution in [3.8, 4) is 0 Å². The molecule has 22 heavy (non-hydrogen) atoms. The summed E-state index contributed by atoms with van der Waals surface area (Å²) in [7, 11) is -4.91. The zero-order valence-electron chi connectivity index (χ0n) is 10.5. The SMILES string of the molecule is O=C(NC1C(O)OC(COS(=O)(=O)O)[C@@H](O)[C@@H]1O)C(F)(F)F. The average molecular weight is 355 g/mol. The van der Waals surface area contributed by atoms with E-state index < -0.39 is 59.7 Å². The number of aliphatic hydroxyl groups excluding tert-OH is 3. The van der Waals surface area contributed by atoms with E-state index in [1.54, 1.807) is 0 Å². The highest BCUT2D eigenvalue weighted by Crippen LogP contribution is 2.22. The van der Waals surface area contributed by atoms with Crippen LogP contribution in [-0.2, 0) is 24.1 Å². The summed E-state index contributed by atoms with van der Waals surface area (Å²) in [6, 6.07) is -2.02. The summed E-state index contributed by atoms with van der Waals surface area (Å²) in [5.74, 6) is -2.49. The Morgan fingerprint density at radius 2 is 1.77 bits per heavy atom. The highest BCUT2D eigenvalue weighted by Gasteiger charge is 2.48. The maximum atomic E-state index is 12.1. The third-order valence-electron chi connectivity index (χ3n) is 2.66. The van der Waals surface area contributed by atoms with Gasteiger partial charge in [-0.3, -0.25) is 9.35 Å². The van der Waals surface area contributed by atoms with Gasteiger partial charge in [0.15, 0.2) is 6.29 Å². The van der Waals surface area contributed by atoms with Gasteiger partial charge in [-0.2, -0.15) is 21.6 Å². The molecule has 1 rings (SSSR count). The van der Waals surface area contributed by atoms with Gasteiger partial charge < -0.3 is 25.4 Å². The van der Waals surface area contributed by atoms with E-state index in [9.17, 15) is 41.7 Å². The molecule has 1 heterocycles. The van der Waals surface area contributed by atoms with E-state index in [4.69, 9.17) is 4.55 Å². The van der Waals surface area contributed by atoms with Gasteiger partial charge in [-0.15, -0.1) is 0 Å². The Morgan fingerprint density at radius 3 is 2.23 bits per heavy atom. The summed E-state index contributed by atoms with van der Waals surface area (Å²) in [5, 5.41) is 29.8. The largest absolute Gasteiger partial charge is 0.471 e. The van der Waals surface area contributed by atoms with Crippen LogP contribution in [0.2, 0.25) is 0 Å². The lowest BCUT2D eigenvalue weighted by Crippen LogP contribution is -2.65. The highest BCUT2D eigenvalue weighted by molar-refractivity contribution is 7.80. The van der Waals surface area contributed by atoms with E-state index in [1.165, 1.54) is 5.32 Å². The fourth-order valence-electron chi connectivity index (χ4n) is 1.63. The van der Waals surface area contributed by atoms with Crippen molar-refractivity contribution in [2.45, 2.75) is 36.8 Å². The third kappa shape index (κ3) is 5.01. The van der Waals surface area contributed by atoms with E-state index in [0.717, 1.165) is 0 Å². The number of ether oxygens (including phenoxy) is 1. The fourth-order valence-corrected chi connectivity index (χ4v) is 1.93. The zero-order valence-corrected chi connectivity index (χ0v) is 11.3. The molecule has 0 aliphatic carbocycles. The fraction of sp³-hybridized carbons (Fsp3) is 0.875. The molecule has 5 N–H and O–H groups in total. The maximum absolute atomic E-state index is 12.1. The van der Waals surface area contributed by atoms with Crippen LogP contribution in [0.3, 0.4) is 0 Å². The van der Waals surface area contributed by atoms with Crippen molar-refractivity contribution < 1.29 is 55.2 Å². The van der Waals surface area contributed by atoms with Crippen molar-refractivity contribution >= 4 is 16.3 Å². The van der Waals surface area contributed by atoms with E-state index in [-0.39, 0.29) is 0 Å². The number of alkyl halides is 3. The molecular formula is C8H12F3NO9S. The number of hydrogen-bond donors (Lipinski definition) is 5. The second-order valence-corrected chi connectivity index (χ2v) is 5.35. The molecule has 0 spiro atoms. The first-order chi connectivity index (χ1) is 9.83. The minimum absolute atomic E-state index is 1.03. The van der Waals surface area contributed by atoms with Gasteiger partial charge in [-0.05, 0) is 0 Å². The van der Waals surface area contributed by atoms with Gasteiger partial charge in [0, 0.05) is 0 Å². The van der Waals surface area contributed by atoms with E-state index in [1.807, 2.05) is 0 Å². The molecular weight excluding hydrogens is 343 g/mol. The minimum Gasteiger partial charge on any atom is -0.388 e. The van der Waals surface area contributed by atoms with Crippen molar-refractivity contribution in [3.05, 3.63) is 0 Å². The smallest absolute Gasteiger partial charge is 0.388 e. The summed E-state index contributed by atoms with van der Waals surface area (Å²) < 4.78 is 73.7. The first kappa shape index (κ1) is 19.0. The molecule has 0 aromatic heterocycles. The van der Waals surface area contributed by atoms with E-state index in [2.05, 4.69) is 8.92 Å². The van der Waals surface area contributed by atoms with E-state index >= 15 is 0 Å². The van der Waals surface area contributed by atoms with Crippen LogP contribution in [0.4, 0.5) is 13.2 Å². The Hall–Kier alpha value is -1.03. The Labute approximate surface area is 121 Å². The van der Waals surface area contributed by atoms with Gasteiger partial charge in [-0.1, -0.05) is 0 Å². The number of halogens is 3. The minimum atomic E-state index is -5.30. The second-order valence-electron chi connectivity index (χ2n) is 4.26. The molecule has 0 bridgehead atoms. The third-order valence-corrected chi connectivity index (χ3v) is 3.09. The topological polar surface area (TPSA) is 163 Å². The number of aliphatic hydroxyl groups is 3. The Balaban J connectivity index is 2.74. The number of rotatable bonds is 4. The van der Waals surface area contributed by atoms with Crippen molar-refractivity contribution in [2.24, 2.45) is 0 Å². The lowest BCUT2D eigenvalue weighted by molar-refractivity contribution is -0.254. The number of hydrogen-bond acceptors (Lipinski definition) is 8. The van der Waals surface area contributed by atoms with Crippen LogP contribution < -0.4 is 5.32 Å². The van der Waals surface area contributed by atoms with Crippen LogP contribution in [0.5, 0.6) is 0 Å². The van der Waals surface area contributed by atoms with Crippen LogP contribution in [0.15, 0.2) is 0 Å². The zero-order chi connectivity index (χ0) is 17.3. The van der Waals surface area contributed by atoms with Gasteiger partial charge in [0.1, 0.15) is 24.4 Å².